The second-order valence-corrected chi connectivity index (χ2v) is 7.17. The van der Waals surface area contributed by atoms with Crippen LogP contribution in [0.4, 0.5) is 5.69 Å². The first-order valence-electron chi connectivity index (χ1n) is 9.34. The number of hydrogen-bond donors (Lipinski definition) is 1. The molecule has 0 saturated carbocycles. The van der Waals surface area contributed by atoms with Crippen molar-refractivity contribution in [1.29, 1.82) is 0 Å². The van der Waals surface area contributed by atoms with Gasteiger partial charge in [0, 0.05) is 23.4 Å². The van der Waals surface area contributed by atoms with Gasteiger partial charge in [-0.3, -0.25) is 9.48 Å². The van der Waals surface area contributed by atoms with Crippen LogP contribution in [0.3, 0.4) is 0 Å². The van der Waals surface area contributed by atoms with Gasteiger partial charge in [-0.15, -0.1) is 0 Å². The standard InChI is InChI=1S/C23H27N3O/c1-15-10-9-13-22(16(15)2)24-23(27)19(5)26-18(4)21(17(3)25-26)14-20-11-7-6-8-12-20/h6-13,19H,14H2,1-5H3,(H,24,27). The summed E-state index contributed by atoms with van der Waals surface area (Å²) in [4.78, 5) is 12.8. The minimum atomic E-state index is -0.381. The molecular formula is C23H27N3O. The van der Waals surface area contributed by atoms with Crippen molar-refractivity contribution < 1.29 is 4.79 Å². The fourth-order valence-electron chi connectivity index (χ4n) is 3.36. The molecule has 1 amide bonds. The second-order valence-electron chi connectivity index (χ2n) is 7.17. The van der Waals surface area contributed by atoms with Crippen molar-refractivity contribution in [2.24, 2.45) is 0 Å². The molecule has 0 spiro atoms. The molecule has 0 radical (unpaired) electrons. The lowest BCUT2D eigenvalue weighted by Crippen LogP contribution is -2.25. The van der Waals surface area contributed by atoms with Gasteiger partial charge in [-0.05, 0) is 57.4 Å². The van der Waals surface area contributed by atoms with E-state index in [1.54, 1.807) is 0 Å². The van der Waals surface area contributed by atoms with Gasteiger partial charge in [-0.25, -0.2) is 0 Å². The predicted molar refractivity (Wildman–Crippen MR) is 110 cm³/mol. The Kier molecular flexibility index (Phi) is 5.45. The number of carbonyl (C=O) groups excluding carboxylic acids is 1. The van der Waals surface area contributed by atoms with Gasteiger partial charge in [0.15, 0.2) is 0 Å². The molecule has 0 aliphatic carbocycles. The van der Waals surface area contributed by atoms with Crippen LogP contribution in [0.1, 0.15) is 46.6 Å². The van der Waals surface area contributed by atoms with E-state index < -0.39 is 0 Å². The second kappa shape index (κ2) is 7.78. The summed E-state index contributed by atoms with van der Waals surface area (Å²) in [6, 6.07) is 15.9. The van der Waals surface area contributed by atoms with Crippen LogP contribution < -0.4 is 5.32 Å². The lowest BCUT2D eigenvalue weighted by Gasteiger charge is -2.16. The topological polar surface area (TPSA) is 46.9 Å². The highest BCUT2D eigenvalue weighted by molar-refractivity contribution is 5.94. The van der Waals surface area contributed by atoms with E-state index in [0.717, 1.165) is 34.6 Å². The van der Waals surface area contributed by atoms with Crippen molar-refractivity contribution >= 4 is 11.6 Å². The molecule has 3 rings (SSSR count). The largest absolute Gasteiger partial charge is 0.324 e. The maximum absolute atomic E-state index is 12.8. The van der Waals surface area contributed by atoms with Crippen molar-refractivity contribution in [3.8, 4) is 0 Å². The molecule has 0 fully saturated rings. The van der Waals surface area contributed by atoms with Crippen LogP contribution in [-0.4, -0.2) is 15.7 Å². The van der Waals surface area contributed by atoms with Crippen LogP contribution in [0.15, 0.2) is 48.5 Å². The lowest BCUT2D eigenvalue weighted by molar-refractivity contribution is -0.119. The Morgan fingerprint density at radius 2 is 1.74 bits per heavy atom. The summed E-state index contributed by atoms with van der Waals surface area (Å²) < 4.78 is 1.84. The van der Waals surface area contributed by atoms with Gasteiger partial charge >= 0.3 is 0 Å². The zero-order valence-corrected chi connectivity index (χ0v) is 16.7. The van der Waals surface area contributed by atoms with Crippen molar-refractivity contribution in [2.75, 3.05) is 5.32 Å². The molecule has 4 nitrogen and oxygen atoms in total. The van der Waals surface area contributed by atoms with Crippen LogP contribution >= 0.6 is 0 Å². The average molecular weight is 361 g/mol. The monoisotopic (exact) mass is 361 g/mol. The molecule has 2 aromatic carbocycles. The Balaban J connectivity index is 1.82. The normalized spacial score (nSPS) is 12.0. The number of aryl methyl sites for hydroxylation is 2. The number of hydrogen-bond acceptors (Lipinski definition) is 2. The summed E-state index contributed by atoms with van der Waals surface area (Å²) in [5.74, 6) is -0.0550. The molecule has 0 saturated heterocycles. The molecule has 3 aromatic rings. The molecule has 1 N–H and O–H groups in total. The Labute approximate surface area is 161 Å². The third-order valence-corrected chi connectivity index (χ3v) is 5.31. The quantitative estimate of drug-likeness (QED) is 0.702. The third-order valence-electron chi connectivity index (χ3n) is 5.31. The van der Waals surface area contributed by atoms with Gasteiger partial charge in [-0.1, -0.05) is 42.5 Å². The molecule has 140 valence electrons. The van der Waals surface area contributed by atoms with Crippen LogP contribution in [0.5, 0.6) is 0 Å². The maximum Gasteiger partial charge on any atom is 0.248 e. The molecule has 1 unspecified atom stereocenters. The van der Waals surface area contributed by atoms with E-state index in [4.69, 9.17) is 0 Å². The van der Waals surface area contributed by atoms with Gasteiger partial charge in [0.2, 0.25) is 5.91 Å². The number of amides is 1. The Morgan fingerprint density at radius 1 is 1.04 bits per heavy atom. The third kappa shape index (κ3) is 3.95. The molecule has 0 aliphatic rings. The Bertz CT molecular complexity index is 957. The predicted octanol–water partition coefficient (Wildman–Crippen LogP) is 4.91. The summed E-state index contributed by atoms with van der Waals surface area (Å²) >= 11 is 0. The number of anilines is 1. The smallest absolute Gasteiger partial charge is 0.248 e. The van der Waals surface area contributed by atoms with E-state index in [-0.39, 0.29) is 11.9 Å². The van der Waals surface area contributed by atoms with Crippen LogP contribution in [0.25, 0.3) is 0 Å². The first-order valence-corrected chi connectivity index (χ1v) is 9.34. The number of nitrogens with zero attached hydrogens (tertiary/aromatic N) is 2. The summed E-state index contributed by atoms with van der Waals surface area (Å²) in [6.45, 7) is 10.0. The van der Waals surface area contributed by atoms with Gasteiger partial charge in [0.25, 0.3) is 0 Å². The summed E-state index contributed by atoms with van der Waals surface area (Å²) in [7, 11) is 0. The summed E-state index contributed by atoms with van der Waals surface area (Å²) in [5, 5.41) is 7.72. The minimum absolute atomic E-state index is 0.0550. The first-order chi connectivity index (χ1) is 12.9. The zero-order valence-electron chi connectivity index (χ0n) is 16.7. The van der Waals surface area contributed by atoms with Crippen molar-refractivity contribution in [3.05, 3.63) is 82.2 Å². The molecule has 1 heterocycles. The van der Waals surface area contributed by atoms with E-state index in [0.29, 0.717) is 0 Å². The Hall–Kier alpha value is -2.88. The zero-order chi connectivity index (χ0) is 19.6. The molecule has 0 aliphatic heterocycles. The van der Waals surface area contributed by atoms with Gasteiger partial charge in [-0.2, -0.15) is 5.10 Å². The van der Waals surface area contributed by atoms with E-state index in [1.165, 1.54) is 11.1 Å². The maximum atomic E-state index is 12.8. The number of carbonyl (C=O) groups is 1. The first kappa shape index (κ1) is 18.9. The highest BCUT2D eigenvalue weighted by atomic mass is 16.2. The summed E-state index contributed by atoms with van der Waals surface area (Å²) in [6.07, 6.45) is 0.823. The van der Waals surface area contributed by atoms with Crippen LogP contribution in [-0.2, 0) is 11.2 Å². The van der Waals surface area contributed by atoms with Crippen molar-refractivity contribution in [2.45, 2.75) is 47.1 Å². The SMILES string of the molecule is Cc1cccc(NC(=O)C(C)n2nc(C)c(Cc3ccccc3)c2C)c1C. The van der Waals surface area contributed by atoms with Gasteiger partial charge in [0.1, 0.15) is 6.04 Å². The van der Waals surface area contributed by atoms with Gasteiger partial charge < -0.3 is 5.32 Å². The number of nitrogens with one attached hydrogen (secondary N) is 1. The Morgan fingerprint density at radius 3 is 2.44 bits per heavy atom. The molecule has 1 atom stereocenters. The van der Waals surface area contributed by atoms with E-state index in [9.17, 15) is 4.79 Å². The summed E-state index contributed by atoms with van der Waals surface area (Å²) in [5.41, 5.74) is 7.57. The highest BCUT2D eigenvalue weighted by Crippen LogP contribution is 2.23. The highest BCUT2D eigenvalue weighted by Gasteiger charge is 2.22. The van der Waals surface area contributed by atoms with Crippen molar-refractivity contribution in [1.82, 2.24) is 9.78 Å². The number of aromatic nitrogens is 2. The number of rotatable bonds is 5. The van der Waals surface area contributed by atoms with Gasteiger partial charge in [0.05, 0.1) is 5.69 Å². The lowest BCUT2D eigenvalue weighted by atomic mass is 10.0. The minimum Gasteiger partial charge on any atom is -0.324 e. The molecule has 0 bridgehead atoms. The van der Waals surface area contributed by atoms with E-state index in [1.807, 2.05) is 75.7 Å². The van der Waals surface area contributed by atoms with E-state index >= 15 is 0 Å². The van der Waals surface area contributed by atoms with Crippen LogP contribution in [0, 0.1) is 27.7 Å². The molecule has 1 aromatic heterocycles. The fourth-order valence-corrected chi connectivity index (χ4v) is 3.36. The molecule has 27 heavy (non-hydrogen) atoms. The average Bonchev–Trinajstić information content (AvgIpc) is 2.94. The molecule has 4 heteroatoms. The van der Waals surface area contributed by atoms with Crippen molar-refractivity contribution in [3.63, 3.8) is 0 Å². The van der Waals surface area contributed by atoms with E-state index in [2.05, 4.69) is 22.5 Å². The molecular weight excluding hydrogens is 334 g/mol. The van der Waals surface area contributed by atoms with Crippen LogP contribution in [0.2, 0.25) is 0 Å². The number of benzene rings is 2. The fraction of sp³-hybridized carbons (Fsp3) is 0.304.